The zero-order valence-corrected chi connectivity index (χ0v) is 7.88. The fourth-order valence-electron chi connectivity index (χ4n) is 0.898. The highest BCUT2D eigenvalue weighted by Crippen LogP contribution is 2.12. The first-order valence-electron chi connectivity index (χ1n) is 3.90. The van der Waals surface area contributed by atoms with Crippen molar-refractivity contribution in [2.24, 2.45) is 0 Å². The molecule has 1 heterocycles. The summed E-state index contributed by atoms with van der Waals surface area (Å²) >= 11 is 5.59. The molecule has 0 aliphatic carbocycles. The third kappa shape index (κ3) is 2.39. The lowest BCUT2D eigenvalue weighted by Crippen LogP contribution is -2.05. The molecule has 0 unspecified atom stereocenters. The lowest BCUT2D eigenvalue weighted by atomic mass is 10.3. The van der Waals surface area contributed by atoms with Crippen molar-refractivity contribution < 1.29 is 9.90 Å². The fraction of sp³-hybridized carbons (Fsp3) is 0.375. The standard InChI is InChI=1S/C8H9ClN2O2/c1-2-3-6-10-4-5(9)7(11-6)8(12)13/h4H,2-3H2,1H3,(H,12,13). The van der Waals surface area contributed by atoms with Crippen LogP contribution >= 0.6 is 11.6 Å². The number of halogens is 1. The molecule has 0 saturated carbocycles. The average molecular weight is 201 g/mol. The molecule has 0 aliphatic rings. The molecule has 1 aromatic rings. The summed E-state index contributed by atoms with van der Waals surface area (Å²) in [7, 11) is 0. The van der Waals surface area contributed by atoms with Crippen molar-refractivity contribution in [3.63, 3.8) is 0 Å². The van der Waals surface area contributed by atoms with Gasteiger partial charge < -0.3 is 5.11 Å². The molecule has 1 N–H and O–H groups in total. The first-order chi connectivity index (χ1) is 6.15. The SMILES string of the molecule is CCCc1ncc(Cl)c(C(=O)O)n1. The predicted octanol–water partition coefficient (Wildman–Crippen LogP) is 1.78. The lowest BCUT2D eigenvalue weighted by Gasteiger charge is -2.00. The second-order valence-electron chi connectivity index (χ2n) is 2.54. The molecule has 0 radical (unpaired) electrons. The molecule has 4 nitrogen and oxygen atoms in total. The third-order valence-electron chi connectivity index (χ3n) is 1.47. The Labute approximate surface area is 80.6 Å². The Hall–Kier alpha value is -1.16. The van der Waals surface area contributed by atoms with Crippen LogP contribution in [0.2, 0.25) is 5.02 Å². The summed E-state index contributed by atoms with van der Waals surface area (Å²) in [5.74, 6) is -0.603. The second kappa shape index (κ2) is 4.18. The third-order valence-corrected chi connectivity index (χ3v) is 1.75. The van der Waals surface area contributed by atoms with E-state index in [1.807, 2.05) is 6.92 Å². The summed E-state index contributed by atoms with van der Waals surface area (Å²) in [5.41, 5.74) is -0.125. The molecular formula is C8H9ClN2O2. The summed E-state index contributed by atoms with van der Waals surface area (Å²) < 4.78 is 0. The number of aromatic carboxylic acids is 1. The van der Waals surface area contributed by atoms with Gasteiger partial charge in [0.1, 0.15) is 5.82 Å². The number of aromatic nitrogens is 2. The number of hydrogen-bond acceptors (Lipinski definition) is 3. The average Bonchev–Trinajstić information content (AvgIpc) is 2.08. The lowest BCUT2D eigenvalue weighted by molar-refractivity contribution is 0.0690. The molecule has 0 atom stereocenters. The molecule has 0 spiro atoms. The van der Waals surface area contributed by atoms with Crippen LogP contribution in [0.4, 0.5) is 0 Å². The highest BCUT2D eigenvalue weighted by molar-refractivity contribution is 6.33. The number of nitrogens with zero attached hydrogens (tertiary/aromatic N) is 2. The van der Waals surface area contributed by atoms with Crippen molar-refractivity contribution in [2.75, 3.05) is 0 Å². The predicted molar refractivity (Wildman–Crippen MR) is 48.0 cm³/mol. The minimum Gasteiger partial charge on any atom is -0.476 e. The summed E-state index contributed by atoms with van der Waals surface area (Å²) in [6, 6.07) is 0. The van der Waals surface area contributed by atoms with E-state index in [9.17, 15) is 4.79 Å². The highest BCUT2D eigenvalue weighted by atomic mass is 35.5. The molecule has 0 fully saturated rings. The largest absolute Gasteiger partial charge is 0.476 e. The molecule has 5 heteroatoms. The zero-order valence-electron chi connectivity index (χ0n) is 7.12. The molecule has 1 aromatic heterocycles. The molecule has 13 heavy (non-hydrogen) atoms. The van der Waals surface area contributed by atoms with Crippen molar-refractivity contribution in [1.29, 1.82) is 0 Å². The van der Waals surface area contributed by atoms with Gasteiger partial charge in [-0.1, -0.05) is 18.5 Å². The summed E-state index contributed by atoms with van der Waals surface area (Å²) in [4.78, 5) is 18.3. The van der Waals surface area contributed by atoms with E-state index < -0.39 is 5.97 Å². The summed E-state index contributed by atoms with van der Waals surface area (Å²) in [5, 5.41) is 8.76. The van der Waals surface area contributed by atoms with Crippen molar-refractivity contribution >= 4 is 17.6 Å². The number of aryl methyl sites for hydroxylation is 1. The van der Waals surface area contributed by atoms with Crippen LogP contribution in [-0.4, -0.2) is 21.0 Å². The highest BCUT2D eigenvalue weighted by Gasteiger charge is 2.11. The van der Waals surface area contributed by atoms with Crippen LogP contribution in [-0.2, 0) is 6.42 Å². The fourth-order valence-corrected chi connectivity index (χ4v) is 1.07. The van der Waals surface area contributed by atoms with Gasteiger partial charge in [-0.15, -0.1) is 0 Å². The topological polar surface area (TPSA) is 63.1 Å². The summed E-state index contributed by atoms with van der Waals surface area (Å²) in [6.45, 7) is 1.97. The van der Waals surface area contributed by atoms with Crippen LogP contribution in [0.5, 0.6) is 0 Å². The summed E-state index contributed by atoms with van der Waals surface area (Å²) in [6.07, 6.45) is 2.86. The maximum Gasteiger partial charge on any atom is 0.356 e. The molecule has 0 aliphatic heterocycles. The Morgan fingerprint density at radius 3 is 2.92 bits per heavy atom. The van der Waals surface area contributed by atoms with Crippen molar-refractivity contribution in [3.8, 4) is 0 Å². The zero-order chi connectivity index (χ0) is 9.84. The van der Waals surface area contributed by atoms with Gasteiger partial charge in [-0.2, -0.15) is 0 Å². The van der Waals surface area contributed by atoms with Crippen LogP contribution in [0.3, 0.4) is 0 Å². The smallest absolute Gasteiger partial charge is 0.356 e. The quantitative estimate of drug-likeness (QED) is 0.808. The Morgan fingerprint density at radius 1 is 1.69 bits per heavy atom. The minimum atomic E-state index is -1.12. The van der Waals surface area contributed by atoms with Crippen molar-refractivity contribution in [2.45, 2.75) is 19.8 Å². The maximum atomic E-state index is 10.6. The minimum absolute atomic E-state index is 0.0763. The van der Waals surface area contributed by atoms with Crippen molar-refractivity contribution in [3.05, 3.63) is 22.7 Å². The monoisotopic (exact) mass is 200 g/mol. The molecule has 0 aromatic carbocycles. The Bertz CT molecular complexity index is 328. The van der Waals surface area contributed by atoms with Gasteiger partial charge in [-0.25, -0.2) is 14.8 Å². The van der Waals surface area contributed by atoms with Crippen LogP contribution in [0, 0.1) is 0 Å². The number of carboxylic acids is 1. The van der Waals surface area contributed by atoms with Gasteiger partial charge in [0, 0.05) is 6.42 Å². The van der Waals surface area contributed by atoms with Gasteiger partial charge in [0.15, 0.2) is 5.69 Å². The molecule has 70 valence electrons. The number of carboxylic acid groups (broad SMARTS) is 1. The van der Waals surface area contributed by atoms with Gasteiger partial charge in [0.25, 0.3) is 0 Å². The first-order valence-corrected chi connectivity index (χ1v) is 4.27. The molecule has 1 rings (SSSR count). The van der Waals surface area contributed by atoms with Gasteiger partial charge in [-0.3, -0.25) is 0 Å². The molecular weight excluding hydrogens is 192 g/mol. The van der Waals surface area contributed by atoms with Gasteiger partial charge in [0.2, 0.25) is 0 Å². The van der Waals surface area contributed by atoms with E-state index in [1.54, 1.807) is 0 Å². The first kappa shape index (κ1) is 9.92. The van der Waals surface area contributed by atoms with E-state index in [-0.39, 0.29) is 10.7 Å². The Morgan fingerprint density at radius 2 is 2.38 bits per heavy atom. The van der Waals surface area contributed by atoms with Crippen LogP contribution < -0.4 is 0 Å². The van der Waals surface area contributed by atoms with Gasteiger partial charge in [-0.05, 0) is 6.42 Å². The second-order valence-corrected chi connectivity index (χ2v) is 2.95. The van der Waals surface area contributed by atoms with E-state index in [4.69, 9.17) is 16.7 Å². The van der Waals surface area contributed by atoms with Gasteiger partial charge in [0.05, 0.1) is 11.2 Å². The van der Waals surface area contributed by atoms with Crippen molar-refractivity contribution in [1.82, 2.24) is 9.97 Å². The Balaban J connectivity index is 3.04. The van der Waals surface area contributed by atoms with Crippen LogP contribution in [0.15, 0.2) is 6.20 Å². The molecule has 0 amide bonds. The van der Waals surface area contributed by atoms with E-state index in [0.29, 0.717) is 12.2 Å². The van der Waals surface area contributed by atoms with E-state index >= 15 is 0 Å². The van der Waals surface area contributed by atoms with Crippen LogP contribution in [0.25, 0.3) is 0 Å². The number of rotatable bonds is 3. The van der Waals surface area contributed by atoms with Crippen LogP contribution in [0.1, 0.15) is 29.7 Å². The molecule has 0 saturated heterocycles. The number of hydrogen-bond donors (Lipinski definition) is 1. The normalized spacial score (nSPS) is 10.0. The Kier molecular flexibility index (Phi) is 3.19. The van der Waals surface area contributed by atoms with E-state index in [2.05, 4.69) is 9.97 Å². The van der Waals surface area contributed by atoms with E-state index in [1.165, 1.54) is 6.20 Å². The maximum absolute atomic E-state index is 10.6. The number of carbonyl (C=O) groups is 1. The molecule has 0 bridgehead atoms. The van der Waals surface area contributed by atoms with Gasteiger partial charge >= 0.3 is 5.97 Å². The van der Waals surface area contributed by atoms with E-state index in [0.717, 1.165) is 6.42 Å².